The summed E-state index contributed by atoms with van der Waals surface area (Å²) in [7, 11) is 0. The van der Waals surface area contributed by atoms with E-state index in [1.807, 2.05) is 0 Å². The first-order valence-electron chi connectivity index (χ1n) is 6.49. The van der Waals surface area contributed by atoms with Gasteiger partial charge in [-0.2, -0.15) is 0 Å². The molecule has 2 unspecified atom stereocenters. The molecule has 0 radical (unpaired) electrons. The molecule has 1 fully saturated rings. The van der Waals surface area contributed by atoms with Crippen molar-refractivity contribution < 1.29 is 14.7 Å². The number of rotatable bonds is 5. The summed E-state index contributed by atoms with van der Waals surface area (Å²) in [6.45, 7) is 6.90. The van der Waals surface area contributed by atoms with E-state index >= 15 is 0 Å². The Labute approximate surface area is 103 Å². The van der Waals surface area contributed by atoms with Crippen molar-refractivity contribution in [3.05, 3.63) is 0 Å². The van der Waals surface area contributed by atoms with Gasteiger partial charge in [0.1, 0.15) is 6.04 Å². The summed E-state index contributed by atoms with van der Waals surface area (Å²) in [4.78, 5) is 24.7. The van der Waals surface area contributed by atoms with Gasteiger partial charge in [0.25, 0.3) is 0 Å². The first kappa shape index (κ1) is 14.0. The first-order valence-corrected chi connectivity index (χ1v) is 6.49. The maximum atomic E-state index is 12.1. The minimum atomic E-state index is -0.867. The highest BCUT2D eigenvalue weighted by Gasteiger charge is 2.34. The Morgan fingerprint density at radius 1 is 1.41 bits per heavy atom. The Morgan fingerprint density at radius 2 is 2.06 bits per heavy atom. The van der Waals surface area contributed by atoms with E-state index < -0.39 is 12.0 Å². The van der Waals surface area contributed by atoms with Crippen LogP contribution in [0.3, 0.4) is 0 Å². The number of carbonyl (C=O) groups is 2. The number of carboxylic acid groups (broad SMARTS) is 1. The van der Waals surface area contributed by atoms with Gasteiger partial charge in [0.05, 0.1) is 0 Å². The first-order chi connectivity index (χ1) is 7.97. The van der Waals surface area contributed by atoms with Gasteiger partial charge in [-0.3, -0.25) is 4.79 Å². The van der Waals surface area contributed by atoms with Crippen LogP contribution in [0.15, 0.2) is 0 Å². The second-order valence-electron chi connectivity index (χ2n) is 5.20. The van der Waals surface area contributed by atoms with Crippen molar-refractivity contribution in [2.75, 3.05) is 6.54 Å². The molecule has 0 spiro atoms. The number of aliphatic carboxylic acids is 1. The fraction of sp³-hybridized carbons (Fsp3) is 0.846. The molecule has 0 saturated carbocycles. The van der Waals surface area contributed by atoms with E-state index in [1.54, 1.807) is 4.90 Å². The molecule has 1 saturated heterocycles. The lowest BCUT2D eigenvalue weighted by Gasteiger charge is -2.25. The number of carbonyl (C=O) groups excluding carboxylic acids is 1. The summed E-state index contributed by atoms with van der Waals surface area (Å²) in [5.41, 5.74) is 0. The molecule has 0 aromatic heterocycles. The minimum Gasteiger partial charge on any atom is -0.480 e. The van der Waals surface area contributed by atoms with Gasteiger partial charge >= 0.3 is 5.97 Å². The number of carboxylic acids is 1. The lowest BCUT2D eigenvalue weighted by molar-refractivity contribution is -0.148. The van der Waals surface area contributed by atoms with E-state index in [2.05, 4.69) is 20.8 Å². The van der Waals surface area contributed by atoms with E-state index in [0.717, 1.165) is 12.8 Å². The second-order valence-corrected chi connectivity index (χ2v) is 5.20. The largest absolute Gasteiger partial charge is 0.480 e. The van der Waals surface area contributed by atoms with E-state index in [9.17, 15) is 9.59 Å². The van der Waals surface area contributed by atoms with Crippen LogP contribution in [0.25, 0.3) is 0 Å². The van der Waals surface area contributed by atoms with Crippen molar-refractivity contribution in [3.63, 3.8) is 0 Å². The maximum Gasteiger partial charge on any atom is 0.326 e. The van der Waals surface area contributed by atoms with Gasteiger partial charge in [0.2, 0.25) is 5.91 Å². The molecule has 4 heteroatoms. The molecule has 0 aliphatic carbocycles. The van der Waals surface area contributed by atoms with E-state index in [-0.39, 0.29) is 5.91 Å². The molecule has 4 nitrogen and oxygen atoms in total. The lowest BCUT2D eigenvalue weighted by Crippen LogP contribution is -2.41. The molecule has 1 N–H and O–H groups in total. The van der Waals surface area contributed by atoms with Crippen molar-refractivity contribution in [1.29, 1.82) is 0 Å². The van der Waals surface area contributed by atoms with Crippen molar-refractivity contribution in [1.82, 2.24) is 4.90 Å². The molecular weight excluding hydrogens is 218 g/mol. The zero-order valence-electron chi connectivity index (χ0n) is 11.0. The fourth-order valence-electron chi connectivity index (χ4n) is 2.51. The molecule has 1 rings (SSSR count). The lowest BCUT2D eigenvalue weighted by atomic mass is 9.89. The van der Waals surface area contributed by atoms with Gasteiger partial charge in [0.15, 0.2) is 0 Å². The van der Waals surface area contributed by atoms with E-state index in [0.29, 0.717) is 31.2 Å². The molecule has 0 aromatic carbocycles. The van der Waals surface area contributed by atoms with E-state index in [1.165, 1.54) is 0 Å². The average molecular weight is 241 g/mol. The van der Waals surface area contributed by atoms with Gasteiger partial charge < -0.3 is 10.0 Å². The summed E-state index contributed by atoms with van der Waals surface area (Å²) in [5, 5.41) is 9.04. The summed E-state index contributed by atoms with van der Waals surface area (Å²) >= 11 is 0. The number of hydrogen-bond acceptors (Lipinski definition) is 2. The number of hydrogen-bond donors (Lipinski definition) is 1. The third kappa shape index (κ3) is 3.45. The highest BCUT2D eigenvalue weighted by Crippen LogP contribution is 2.24. The van der Waals surface area contributed by atoms with Crippen molar-refractivity contribution in [2.45, 2.75) is 52.5 Å². The summed E-state index contributed by atoms with van der Waals surface area (Å²) < 4.78 is 0. The molecule has 0 aromatic rings. The molecular formula is C13H23NO3. The Kier molecular flexibility index (Phi) is 4.97. The standard InChI is InChI=1S/C13H23NO3/c1-4-10(9(2)3)8-12(15)14-7-5-6-11(14)13(16)17/h9-11H,4-8H2,1-3H3,(H,16,17). The summed E-state index contributed by atoms with van der Waals surface area (Å²) in [6, 6.07) is -0.591. The number of amides is 1. The monoisotopic (exact) mass is 241 g/mol. The molecule has 1 amide bonds. The second kappa shape index (κ2) is 6.03. The van der Waals surface area contributed by atoms with Crippen LogP contribution in [0.5, 0.6) is 0 Å². The zero-order chi connectivity index (χ0) is 13.0. The Bertz CT molecular complexity index is 288. The third-order valence-electron chi connectivity index (χ3n) is 3.76. The Hall–Kier alpha value is -1.06. The van der Waals surface area contributed by atoms with E-state index in [4.69, 9.17) is 5.11 Å². The van der Waals surface area contributed by atoms with Gasteiger partial charge in [-0.1, -0.05) is 27.2 Å². The van der Waals surface area contributed by atoms with Gasteiger partial charge in [0, 0.05) is 13.0 Å². The maximum absolute atomic E-state index is 12.1. The predicted octanol–water partition coefficient (Wildman–Crippen LogP) is 2.13. The normalized spacial score (nSPS) is 21.9. The van der Waals surface area contributed by atoms with Crippen molar-refractivity contribution in [3.8, 4) is 0 Å². The fourth-order valence-corrected chi connectivity index (χ4v) is 2.51. The van der Waals surface area contributed by atoms with Crippen LogP contribution < -0.4 is 0 Å². The average Bonchev–Trinajstić information content (AvgIpc) is 2.73. The van der Waals surface area contributed by atoms with Gasteiger partial charge in [-0.05, 0) is 24.7 Å². The molecule has 0 bridgehead atoms. The molecule has 98 valence electrons. The van der Waals surface area contributed by atoms with Crippen LogP contribution in [-0.4, -0.2) is 34.5 Å². The van der Waals surface area contributed by atoms with Crippen LogP contribution in [0.4, 0.5) is 0 Å². The number of nitrogens with zero attached hydrogens (tertiary/aromatic N) is 1. The summed E-state index contributed by atoms with van der Waals surface area (Å²) in [6.07, 6.45) is 2.85. The molecule has 1 heterocycles. The Balaban J connectivity index is 2.60. The van der Waals surface area contributed by atoms with Crippen molar-refractivity contribution >= 4 is 11.9 Å². The van der Waals surface area contributed by atoms with Gasteiger partial charge in [-0.15, -0.1) is 0 Å². The highest BCUT2D eigenvalue weighted by molar-refractivity contribution is 5.84. The van der Waals surface area contributed by atoms with Crippen LogP contribution >= 0.6 is 0 Å². The minimum absolute atomic E-state index is 0.00968. The third-order valence-corrected chi connectivity index (χ3v) is 3.76. The topological polar surface area (TPSA) is 57.6 Å². The predicted molar refractivity (Wildman–Crippen MR) is 65.6 cm³/mol. The Morgan fingerprint density at radius 3 is 2.53 bits per heavy atom. The smallest absolute Gasteiger partial charge is 0.326 e. The van der Waals surface area contributed by atoms with Crippen molar-refractivity contribution in [2.24, 2.45) is 11.8 Å². The van der Waals surface area contributed by atoms with Crippen LogP contribution in [0, 0.1) is 11.8 Å². The summed E-state index contributed by atoms with van der Waals surface area (Å²) in [5.74, 6) is -0.0312. The molecule has 1 aliphatic heterocycles. The van der Waals surface area contributed by atoms with Crippen LogP contribution in [0.2, 0.25) is 0 Å². The molecule has 2 atom stereocenters. The van der Waals surface area contributed by atoms with Crippen LogP contribution in [0.1, 0.15) is 46.5 Å². The van der Waals surface area contributed by atoms with Gasteiger partial charge in [-0.25, -0.2) is 4.79 Å². The molecule has 17 heavy (non-hydrogen) atoms. The SMILES string of the molecule is CCC(CC(=O)N1CCCC1C(=O)O)C(C)C. The van der Waals surface area contributed by atoms with Crippen LogP contribution in [-0.2, 0) is 9.59 Å². The zero-order valence-corrected chi connectivity index (χ0v) is 11.0. The number of likely N-dealkylation sites (tertiary alicyclic amines) is 1. The quantitative estimate of drug-likeness (QED) is 0.802. The highest BCUT2D eigenvalue weighted by atomic mass is 16.4. The molecule has 1 aliphatic rings.